The summed E-state index contributed by atoms with van der Waals surface area (Å²) in [6.45, 7) is 8.20. The molecule has 6 nitrogen and oxygen atoms in total. The van der Waals surface area contributed by atoms with Gasteiger partial charge in [0.25, 0.3) is 0 Å². The Hall–Kier alpha value is -2.84. The Balaban J connectivity index is 1.75. The molecule has 8 heteroatoms. The fourth-order valence-corrected chi connectivity index (χ4v) is 5.87. The van der Waals surface area contributed by atoms with Crippen molar-refractivity contribution in [2.24, 2.45) is 11.8 Å². The van der Waals surface area contributed by atoms with Crippen LogP contribution in [0, 0.1) is 23.5 Å². The zero-order valence-electron chi connectivity index (χ0n) is 24.8. The summed E-state index contributed by atoms with van der Waals surface area (Å²) in [6, 6.07) is 10.6. The maximum absolute atomic E-state index is 14.0. The summed E-state index contributed by atoms with van der Waals surface area (Å²) < 4.78 is 28.0. The van der Waals surface area contributed by atoms with Crippen LogP contribution < -0.4 is 10.6 Å². The molecule has 3 N–H and O–H groups in total. The zero-order valence-corrected chi connectivity index (χ0v) is 24.8. The number of halogens is 2. The molecule has 1 fully saturated rings. The van der Waals surface area contributed by atoms with E-state index in [0.29, 0.717) is 38.0 Å². The molecule has 0 radical (unpaired) electrons. The molecule has 0 heterocycles. The number of aryl methyl sites for hydroxylation is 1. The molecule has 0 aliphatic heterocycles. The third-order valence-corrected chi connectivity index (χ3v) is 7.97. The number of benzene rings is 2. The van der Waals surface area contributed by atoms with Gasteiger partial charge in [-0.05, 0) is 67.3 Å². The second kappa shape index (κ2) is 16.6. The van der Waals surface area contributed by atoms with Crippen LogP contribution in [0.15, 0.2) is 42.5 Å². The van der Waals surface area contributed by atoms with Crippen molar-refractivity contribution < 1.29 is 23.5 Å². The molecule has 4 atom stereocenters. The maximum atomic E-state index is 14.0. The first-order valence-electron chi connectivity index (χ1n) is 15.3. The lowest BCUT2D eigenvalue weighted by molar-refractivity contribution is -0.144. The minimum Gasteiger partial charge on any atom is -0.390 e. The molecule has 0 saturated heterocycles. The van der Waals surface area contributed by atoms with Gasteiger partial charge in [-0.15, -0.1) is 0 Å². The summed E-state index contributed by atoms with van der Waals surface area (Å²) in [6.07, 6.45) is 4.65. The van der Waals surface area contributed by atoms with E-state index >= 15 is 0 Å². The van der Waals surface area contributed by atoms with E-state index in [9.17, 15) is 23.5 Å². The molecule has 226 valence electrons. The molecule has 1 aliphatic rings. The highest BCUT2D eigenvalue weighted by molar-refractivity contribution is 5.88. The summed E-state index contributed by atoms with van der Waals surface area (Å²) in [7, 11) is 0. The number of hydrogen-bond acceptors (Lipinski definition) is 4. The van der Waals surface area contributed by atoms with Gasteiger partial charge in [0.2, 0.25) is 11.8 Å². The van der Waals surface area contributed by atoms with Gasteiger partial charge in [-0.2, -0.15) is 0 Å². The highest BCUT2D eigenvalue weighted by Gasteiger charge is 2.38. The Bertz CT molecular complexity index is 1100. The summed E-state index contributed by atoms with van der Waals surface area (Å²) in [5.41, 5.74) is 2.64. The van der Waals surface area contributed by atoms with Gasteiger partial charge in [0.05, 0.1) is 12.1 Å². The number of nitrogens with zero attached hydrogens (tertiary/aromatic N) is 1. The van der Waals surface area contributed by atoms with Gasteiger partial charge in [0.1, 0.15) is 11.6 Å². The largest absolute Gasteiger partial charge is 0.390 e. The van der Waals surface area contributed by atoms with Crippen molar-refractivity contribution in [3.63, 3.8) is 0 Å². The van der Waals surface area contributed by atoms with Crippen molar-refractivity contribution >= 4 is 11.8 Å². The van der Waals surface area contributed by atoms with E-state index in [-0.39, 0.29) is 24.8 Å². The molecule has 2 unspecified atom stereocenters. The van der Waals surface area contributed by atoms with Gasteiger partial charge < -0.3 is 20.6 Å². The second-order valence-electron chi connectivity index (χ2n) is 11.3. The smallest absolute Gasteiger partial charge is 0.226 e. The lowest BCUT2D eigenvalue weighted by Crippen LogP contribution is -2.53. The van der Waals surface area contributed by atoms with Crippen LogP contribution in [0.25, 0.3) is 0 Å². The molecule has 1 saturated carbocycles. The Labute approximate surface area is 243 Å². The van der Waals surface area contributed by atoms with Crippen LogP contribution in [0.2, 0.25) is 0 Å². The quantitative estimate of drug-likeness (QED) is 0.276. The minimum absolute atomic E-state index is 0.0221. The number of aliphatic hydroxyl groups excluding tert-OH is 1. The first kappa shape index (κ1) is 32.7. The number of nitrogens with one attached hydrogen (secondary N) is 2. The molecular formula is C33H47F2N3O3. The average molecular weight is 572 g/mol. The lowest BCUT2D eigenvalue weighted by atomic mass is 9.77. The van der Waals surface area contributed by atoms with E-state index in [4.69, 9.17) is 0 Å². The standard InChI is InChI=1S/C33H47F2N3O3/c1-4-14-38(15-5-2)33(41)29-13-8-7-12-28(29)32(40)37-30(19-25-17-26(34)20-27(35)18-25)31(39)22-36-21-24-11-9-10-23(6-3)16-24/h9-11,16-18,20,28-31,36,39H,4-8,12-15,19,21-22H2,1-3H3,(H,37,40)/t28?,29?,30-,31+/m0/s1. The molecule has 2 amide bonds. The topological polar surface area (TPSA) is 81.7 Å². The van der Waals surface area contributed by atoms with Crippen LogP contribution in [0.4, 0.5) is 8.78 Å². The molecule has 2 aromatic rings. The van der Waals surface area contributed by atoms with E-state index in [1.165, 1.54) is 17.7 Å². The SMILES string of the molecule is CCCN(CCC)C(=O)C1CCCCC1C(=O)N[C@@H](Cc1cc(F)cc(F)c1)[C@H](O)CNCc1cccc(CC)c1. The van der Waals surface area contributed by atoms with Crippen molar-refractivity contribution in [1.82, 2.24) is 15.5 Å². The number of hydrogen-bond donors (Lipinski definition) is 3. The van der Waals surface area contributed by atoms with Gasteiger partial charge in [0, 0.05) is 44.1 Å². The number of amides is 2. The first-order chi connectivity index (χ1) is 19.7. The summed E-state index contributed by atoms with van der Waals surface area (Å²) in [5, 5.41) is 17.4. The summed E-state index contributed by atoms with van der Waals surface area (Å²) in [5.74, 6) is -2.59. The van der Waals surface area contributed by atoms with Crippen molar-refractivity contribution in [2.75, 3.05) is 19.6 Å². The number of carbonyl (C=O) groups excluding carboxylic acids is 2. The van der Waals surface area contributed by atoms with Gasteiger partial charge in [-0.1, -0.05) is 57.9 Å². The van der Waals surface area contributed by atoms with E-state index in [1.807, 2.05) is 30.9 Å². The Morgan fingerprint density at radius 2 is 1.56 bits per heavy atom. The number of carbonyl (C=O) groups is 2. The molecule has 3 rings (SSSR count). The fourth-order valence-electron chi connectivity index (χ4n) is 5.87. The zero-order chi connectivity index (χ0) is 29.8. The average Bonchev–Trinajstić information content (AvgIpc) is 2.95. The van der Waals surface area contributed by atoms with Gasteiger partial charge in [0.15, 0.2) is 0 Å². The molecule has 41 heavy (non-hydrogen) atoms. The van der Waals surface area contributed by atoms with Crippen LogP contribution in [0.3, 0.4) is 0 Å². The molecule has 1 aliphatic carbocycles. The normalized spacial score (nSPS) is 18.5. The molecule has 0 bridgehead atoms. The van der Waals surface area contributed by atoms with Gasteiger partial charge in [-0.3, -0.25) is 9.59 Å². The van der Waals surface area contributed by atoms with E-state index in [1.54, 1.807) is 0 Å². The van der Waals surface area contributed by atoms with Crippen molar-refractivity contribution in [1.29, 1.82) is 0 Å². The van der Waals surface area contributed by atoms with Gasteiger partial charge >= 0.3 is 0 Å². The second-order valence-corrected chi connectivity index (χ2v) is 11.3. The van der Waals surface area contributed by atoms with Crippen LogP contribution in [-0.2, 0) is 29.0 Å². The molecule has 0 aromatic heterocycles. The van der Waals surface area contributed by atoms with E-state index < -0.39 is 35.6 Å². The number of rotatable bonds is 15. The van der Waals surface area contributed by atoms with Crippen LogP contribution >= 0.6 is 0 Å². The highest BCUT2D eigenvalue weighted by Crippen LogP contribution is 2.32. The van der Waals surface area contributed by atoms with Crippen molar-refractivity contribution in [3.05, 3.63) is 70.8 Å². The third kappa shape index (κ3) is 9.89. The lowest BCUT2D eigenvalue weighted by Gasteiger charge is -2.35. The minimum atomic E-state index is -1.02. The summed E-state index contributed by atoms with van der Waals surface area (Å²) in [4.78, 5) is 29.1. The fraction of sp³-hybridized carbons (Fsp3) is 0.576. The highest BCUT2D eigenvalue weighted by atomic mass is 19.1. The van der Waals surface area contributed by atoms with E-state index in [0.717, 1.165) is 43.7 Å². The van der Waals surface area contributed by atoms with Crippen LogP contribution in [-0.4, -0.2) is 53.6 Å². The Morgan fingerprint density at radius 3 is 2.20 bits per heavy atom. The monoisotopic (exact) mass is 571 g/mol. The van der Waals surface area contributed by atoms with Crippen LogP contribution in [0.5, 0.6) is 0 Å². The first-order valence-corrected chi connectivity index (χ1v) is 15.3. The third-order valence-electron chi connectivity index (χ3n) is 7.97. The van der Waals surface area contributed by atoms with Gasteiger partial charge in [-0.25, -0.2) is 8.78 Å². The Morgan fingerprint density at radius 1 is 0.927 bits per heavy atom. The van der Waals surface area contributed by atoms with Crippen molar-refractivity contribution in [2.45, 2.75) is 90.8 Å². The number of aliphatic hydroxyl groups is 1. The predicted octanol–water partition coefficient (Wildman–Crippen LogP) is 5.16. The predicted molar refractivity (Wildman–Crippen MR) is 158 cm³/mol. The Kier molecular flexibility index (Phi) is 13.2. The van der Waals surface area contributed by atoms with Crippen molar-refractivity contribution in [3.8, 4) is 0 Å². The molecular weight excluding hydrogens is 524 g/mol. The molecule has 2 aromatic carbocycles. The summed E-state index contributed by atoms with van der Waals surface area (Å²) >= 11 is 0. The van der Waals surface area contributed by atoms with E-state index in [2.05, 4.69) is 29.7 Å². The maximum Gasteiger partial charge on any atom is 0.226 e. The molecule has 0 spiro atoms. The van der Waals surface area contributed by atoms with Crippen LogP contribution in [0.1, 0.15) is 76.0 Å².